The van der Waals surface area contributed by atoms with Gasteiger partial charge in [0.25, 0.3) is 5.91 Å². The second-order valence-corrected chi connectivity index (χ2v) is 6.32. The lowest BCUT2D eigenvalue weighted by atomic mass is 10.2. The van der Waals surface area contributed by atoms with Crippen LogP contribution in [-0.4, -0.2) is 22.2 Å². The minimum Gasteiger partial charge on any atom is -0.481 e. The topological polar surface area (TPSA) is 64.1 Å². The van der Waals surface area contributed by atoms with E-state index in [9.17, 15) is 4.79 Å². The molecule has 0 bridgehead atoms. The van der Waals surface area contributed by atoms with E-state index in [2.05, 4.69) is 15.5 Å². The summed E-state index contributed by atoms with van der Waals surface area (Å²) < 4.78 is 5.67. The van der Waals surface area contributed by atoms with Crippen LogP contribution >= 0.6 is 11.3 Å². The normalized spacial score (nSPS) is 11.8. The molecule has 0 aliphatic rings. The molecule has 1 heterocycles. The van der Waals surface area contributed by atoms with Crippen molar-refractivity contribution in [2.45, 2.75) is 20.0 Å². The molecule has 0 saturated heterocycles. The number of nitrogens with one attached hydrogen (secondary N) is 1. The summed E-state index contributed by atoms with van der Waals surface area (Å²) in [6.07, 6.45) is -0.629. The van der Waals surface area contributed by atoms with Crippen LogP contribution in [0.1, 0.15) is 12.5 Å². The molecule has 0 spiro atoms. The molecule has 1 N–H and O–H groups in total. The molecule has 3 rings (SSSR count). The summed E-state index contributed by atoms with van der Waals surface area (Å²) in [6, 6.07) is 17.3. The zero-order valence-electron chi connectivity index (χ0n) is 13.4. The molecule has 1 atom stereocenters. The van der Waals surface area contributed by atoms with Gasteiger partial charge in [-0.2, -0.15) is 0 Å². The first-order valence-corrected chi connectivity index (χ1v) is 8.36. The number of rotatable bonds is 5. The molecule has 2 aromatic carbocycles. The van der Waals surface area contributed by atoms with E-state index in [1.165, 1.54) is 11.3 Å². The van der Waals surface area contributed by atoms with Crippen molar-refractivity contribution in [1.29, 1.82) is 0 Å². The number of nitrogens with zero attached hydrogens (tertiary/aromatic N) is 2. The first-order chi connectivity index (χ1) is 11.6. The molecule has 5 nitrogen and oxygen atoms in total. The van der Waals surface area contributed by atoms with Gasteiger partial charge in [0.15, 0.2) is 6.10 Å². The average molecular weight is 339 g/mol. The third kappa shape index (κ3) is 3.97. The fraction of sp³-hybridized carbons (Fsp3) is 0.167. The maximum atomic E-state index is 12.3. The van der Waals surface area contributed by atoms with E-state index >= 15 is 0 Å². The van der Waals surface area contributed by atoms with Gasteiger partial charge in [-0.1, -0.05) is 53.8 Å². The van der Waals surface area contributed by atoms with Crippen molar-refractivity contribution in [2.24, 2.45) is 0 Å². The van der Waals surface area contributed by atoms with Crippen LogP contribution in [0.2, 0.25) is 0 Å². The van der Waals surface area contributed by atoms with Gasteiger partial charge in [0.2, 0.25) is 5.13 Å². The van der Waals surface area contributed by atoms with Crippen LogP contribution in [-0.2, 0) is 4.79 Å². The predicted molar refractivity (Wildman–Crippen MR) is 95.2 cm³/mol. The highest BCUT2D eigenvalue weighted by Gasteiger charge is 2.17. The van der Waals surface area contributed by atoms with Gasteiger partial charge in [0.05, 0.1) is 0 Å². The second-order valence-electron chi connectivity index (χ2n) is 5.34. The number of carbonyl (C=O) groups is 1. The van der Waals surface area contributed by atoms with E-state index in [1.807, 2.05) is 61.5 Å². The van der Waals surface area contributed by atoms with Gasteiger partial charge < -0.3 is 4.74 Å². The van der Waals surface area contributed by atoms with Crippen LogP contribution < -0.4 is 10.1 Å². The highest BCUT2D eigenvalue weighted by Crippen LogP contribution is 2.26. The molecule has 24 heavy (non-hydrogen) atoms. The molecule has 1 amide bonds. The van der Waals surface area contributed by atoms with Crippen molar-refractivity contribution < 1.29 is 9.53 Å². The van der Waals surface area contributed by atoms with Crippen LogP contribution in [0.3, 0.4) is 0 Å². The summed E-state index contributed by atoms with van der Waals surface area (Å²) in [6.45, 7) is 3.68. The zero-order chi connectivity index (χ0) is 16.9. The number of benzene rings is 2. The lowest BCUT2D eigenvalue weighted by Gasteiger charge is -2.13. The lowest BCUT2D eigenvalue weighted by Crippen LogP contribution is -2.30. The number of hydrogen-bond donors (Lipinski definition) is 1. The number of ether oxygens (including phenoxy) is 1. The third-order valence-corrected chi connectivity index (χ3v) is 4.24. The molecule has 0 saturated carbocycles. The third-order valence-electron chi connectivity index (χ3n) is 3.35. The minimum absolute atomic E-state index is 0.257. The Balaban J connectivity index is 1.63. The fourth-order valence-corrected chi connectivity index (χ4v) is 2.88. The molecule has 6 heteroatoms. The number of amides is 1. The van der Waals surface area contributed by atoms with E-state index in [0.717, 1.165) is 16.1 Å². The molecule has 0 aliphatic carbocycles. The van der Waals surface area contributed by atoms with Gasteiger partial charge >= 0.3 is 0 Å². The van der Waals surface area contributed by atoms with Gasteiger partial charge in [-0.15, -0.1) is 10.2 Å². The monoisotopic (exact) mass is 339 g/mol. The van der Waals surface area contributed by atoms with Gasteiger partial charge in [0.1, 0.15) is 10.8 Å². The SMILES string of the molecule is Cc1cccc(O[C@H](C)C(=O)Nc2nnc(-c3ccccc3)s2)c1. The second kappa shape index (κ2) is 7.23. The van der Waals surface area contributed by atoms with Crippen molar-refractivity contribution in [3.63, 3.8) is 0 Å². The van der Waals surface area contributed by atoms with Crippen molar-refractivity contribution in [3.8, 4) is 16.3 Å². The Bertz CT molecular complexity index is 833. The Hall–Kier alpha value is -2.73. The van der Waals surface area contributed by atoms with Gasteiger partial charge in [-0.3, -0.25) is 10.1 Å². The highest BCUT2D eigenvalue weighted by molar-refractivity contribution is 7.18. The number of aromatic nitrogens is 2. The quantitative estimate of drug-likeness (QED) is 0.765. The number of carbonyl (C=O) groups excluding carboxylic acids is 1. The highest BCUT2D eigenvalue weighted by atomic mass is 32.1. The minimum atomic E-state index is -0.629. The molecule has 3 aromatic rings. The molecule has 122 valence electrons. The van der Waals surface area contributed by atoms with Crippen molar-refractivity contribution >= 4 is 22.4 Å². The van der Waals surface area contributed by atoms with E-state index in [1.54, 1.807) is 6.92 Å². The molecular formula is C18H17N3O2S. The summed E-state index contributed by atoms with van der Waals surface area (Å²) in [5.74, 6) is 0.409. The molecule has 1 aromatic heterocycles. The summed E-state index contributed by atoms with van der Waals surface area (Å²) in [5, 5.41) is 12.1. The number of anilines is 1. The maximum Gasteiger partial charge on any atom is 0.266 e. The van der Waals surface area contributed by atoms with Gasteiger partial charge in [-0.05, 0) is 31.5 Å². The van der Waals surface area contributed by atoms with Gasteiger partial charge in [-0.25, -0.2) is 0 Å². The lowest BCUT2D eigenvalue weighted by molar-refractivity contribution is -0.122. The molecular weight excluding hydrogens is 322 g/mol. The summed E-state index contributed by atoms with van der Waals surface area (Å²) in [4.78, 5) is 12.3. The van der Waals surface area contributed by atoms with E-state index < -0.39 is 6.10 Å². The first kappa shape index (κ1) is 16.1. The van der Waals surface area contributed by atoms with Crippen LogP contribution in [0.15, 0.2) is 54.6 Å². The van der Waals surface area contributed by atoms with Crippen molar-refractivity contribution in [2.75, 3.05) is 5.32 Å². The predicted octanol–water partition coefficient (Wildman–Crippen LogP) is 3.92. The van der Waals surface area contributed by atoms with Crippen molar-refractivity contribution in [3.05, 3.63) is 60.2 Å². The molecule has 0 fully saturated rings. The summed E-state index contributed by atoms with van der Waals surface area (Å²) >= 11 is 1.33. The fourth-order valence-electron chi connectivity index (χ4n) is 2.12. The van der Waals surface area contributed by atoms with E-state index in [-0.39, 0.29) is 5.91 Å². The Morgan fingerprint density at radius 3 is 2.67 bits per heavy atom. The number of aryl methyl sites for hydroxylation is 1. The average Bonchev–Trinajstić information content (AvgIpc) is 3.04. The molecule has 0 unspecified atom stereocenters. The van der Waals surface area contributed by atoms with Crippen LogP contribution in [0.25, 0.3) is 10.6 Å². The van der Waals surface area contributed by atoms with Gasteiger partial charge in [0, 0.05) is 5.56 Å². The maximum absolute atomic E-state index is 12.3. The van der Waals surface area contributed by atoms with Crippen LogP contribution in [0.4, 0.5) is 5.13 Å². The Morgan fingerprint density at radius 2 is 1.92 bits per heavy atom. The Kier molecular flexibility index (Phi) is 4.86. The standard InChI is InChI=1S/C18H17N3O2S/c1-12-7-6-10-15(11-12)23-13(2)16(22)19-18-21-20-17(24-18)14-8-4-3-5-9-14/h3-11,13H,1-2H3,(H,19,21,22)/t13-/m1/s1. The summed E-state index contributed by atoms with van der Waals surface area (Å²) in [7, 11) is 0. The van der Waals surface area contributed by atoms with Crippen LogP contribution in [0, 0.1) is 6.92 Å². The largest absolute Gasteiger partial charge is 0.481 e. The van der Waals surface area contributed by atoms with E-state index in [4.69, 9.17) is 4.74 Å². The Labute approximate surface area is 144 Å². The number of hydrogen-bond acceptors (Lipinski definition) is 5. The smallest absolute Gasteiger partial charge is 0.266 e. The summed E-state index contributed by atoms with van der Waals surface area (Å²) in [5.41, 5.74) is 2.05. The van der Waals surface area contributed by atoms with E-state index in [0.29, 0.717) is 10.9 Å². The zero-order valence-corrected chi connectivity index (χ0v) is 14.2. The van der Waals surface area contributed by atoms with Crippen molar-refractivity contribution in [1.82, 2.24) is 10.2 Å². The molecule has 0 radical (unpaired) electrons. The molecule has 0 aliphatic heterocycles. The first-order valence-electron chi connectivity index (χ1n) is 7.55. The van der Waals surface area contributed by atoms with Crippen LogP contribution in [0.5, 0.6) is 5.75 Å². The Morgan fingerprint density at radius 1 is 1.12 bits per heavy atom.